The number of hydrogen-bond acceptors (Lipinski definition) is 2. The van der Waals surface area contributed by atoms with Crippen LogP contribution in [0.5, 0.6) is 0 Å². The monoisotopic (exact) mass is 694 g/mol. The van der Waals surface area contributed by atoms with E-state index in [9.17, 15) is 0 Å². The maximum absolute atomic E-state index is 2.59. The van der Waals surface area contributed by atoms with E-state index in [1.54, 1.807) is 22.3 Å². The zero-order valence-electron chi connectivity index (χ0n) is 24.7. The molecule has 0 saturated carbocycles. The molecule has 2 aliphatic carbocycles. The molecular weight excluding hydrogens is 659 g/mol. The third kappa shape index (κ3) is 6.10. The van der Waals surface area contributed by atoms with Crippen molar-refractivity contribution >= 4 is 46.0 Å². The Morgan fingerprint density at radius 2 is 1.02 bits per heavy atom. The van der Waals surface area contributed by atoms with Crippen molar-refractivity contribution in [3.63, 3.8) is 0 Å². The molecular formula is C36H38Cl2S2Zr. The molecule has 5 heteroatoms. The van der Waals surface area contributed by atoms with Crippen molar-refractivity contribution < 1.29 is 48.0 Å². The van der Waals surface area contributed by atoms with Crippen LogP contribution in [0.25, 0.3) is 23.3 Å². The van der Waals surface area contributed by atoms with Gasteiger partial charge >= 0.3 is 256 Å². The maximum atomic E-state index is 2.59. The van der Waals surface area contributed by atoms with Gasteiger partial charge in [-0.2, -0.15) is 0 Å². The first kappa shape index (κ1) is 32.7. The van der Waals surface area contributed by atoms with E-state index in [4.69, 9.17) is 0 Å². The Morgan fingerprint density at radius 1 is 0.610 bits per heavy atom. The smallest absolute Gasteiger partial charge is 1.00 e. The van der Waals surface area contributed by atoms with Crippen LogP contribution in [-0.2, 0) is 36.1 Å². The van der Waals surface area contributed by atoms with Gasteiger partial charge in [0.25, 0.3) is 0 Å². The Morgan fingerprint density at radius 3 is 1.37 bits per heavy atom. The maximum Gasteiger partial charge on any atom is -1.00 e. The summed E-state index contributed by atoms with van der Waals surface area (Å²) in [5.41, 5.74) is 12.5. The molecule has 41 heavy (non-hydrogen) atoms. The second-order valence-electron chi connectivity index (χ2n) is 11.5. The molecule has 2 aliphatic rings. The van der Waals surface area contributed by atoms with Gasteiger partial charge in [0, 0.05) is 0 Å². The molecule has 4 aromatic rings. The van der Waals surface area contributed by atoms with E-state index in [2.05, 4.69) is 114 Å². The van der Waals surface area contributed by atoms with E-state index >= 15 is 0 Å². The molecule has 0 amide bonds. The molecule has 2 aromatic carbocycles. The fraction of sp³-hybridized carbons (Fsp3) is 0.333. The second kappa shape index (κ2) is 13.6. The van der Waals surface area contributed by atoms with E-state index in [0.717, 1.165) is 12.8 Å². The van der Waals surface area contributed by atoms with E-state index in [1.165, 1.54) is 41.8 Å². The van der Waals surface area contributed by atoms with Crippen molar-refractivity contribution in [2.75, 3.05) is 0 Å². The Labute approximate surface area is 278 Å². The van der Waals surface area contributed by atoms with Crippen LogP contribution in [-0.4, -0.2) is 0 Å². The summed E-state index contributed by atoms with van der Waals surface area (Å²) in [6.07, 6.45) is 7.41. The molecule has 2 atom stereocenters. The summed E-state index contributed by atoms with van der Waals surface area (Å²) in [5, 5.41) is 0. The van der Waals surface area contributed by atoms with Crippen molar-refractivity contribution in [1.82, 2.24) is 0 Å². The van der Waals surface area contributed by atoms with Crippen LogP contribution in [0.4, 0.5) is 0 Å². The molecule has 212 valence electrons. The number of aryl methyl sites for hydroxylation is 2. The summed E-state index contributed by atoms with van der Waals surface area (Å²) in [6.45, 7) is 14.0. The minimum atomic E-state index is -1.02. The minimum Gasteiger partial charge on any atom is -1.00 e. The van der Waals surface area contributed by atoms with Gasteiger partial charge in [-0.15, -0.1) is 0 Å². The van der Waals surface area contributed by atoms with Gasteiger partial charge in [-0.1, -0.05) is 0 Å². The van der Waals surface area contributed by atoms with Crippen molar-refractivity contribution in [3.05, 3.63) is 114 Å². The summed E-state index contributed by atoms with van der Waals surface area (Å²) < 4.78 is 1.14. The first-order valence-corrected chi connectivity index (χ1v) is 19.0. The molecule has 0 nitrogen and oxygen atoms in total. The molecule has 2 aromatic heterocycles. The second-order valence-corrected chi connectivity index (χ2v) is 17.5. The van der Waals surface area contributed by atoms with Crippen molar-refractivity contribution in [1.29, 1.82) is 0 Å². The normalized spacial score (nSPS) is 17.0. The van der Waals surface area contributed by atoms with Crippen LogP contribution in [0.1, 0.15) is 114 Å². The number of hydrogen-bond donors (Lipinski definition) is 0. The Kier molecular flexibility index (Phi) is 10.9. The van der Waals surface area contributed by atoms with Crippen LogP contribution in [0, 0.1) is 0 Å². The third-order valence-electron chi connectivity index (χ3n) is 8.36. The summed E-state index contributed by atoms with van der Waals surface area (Å²) in [4.78, 5) is 5.98. The van der Waals surface area contributed by atoms with Gasteiger partial charge in [0.05, 0.1) is 0 Å². The van der Waals surface area contributed by atoms with Gasteiger partial charge in [0.1, 0.15) is 0 Å². The zero-order chi connectivity index (χ0) is 27.3. The summed E-state index contributed by atoms with van der Waals surface area (Å²) in [7, 11) is 0. The van der Waals surface area contributed by atoms with E-state index in [1.807, 2.05) is 22.7 Å². The molecule has 2 heterocycles. The van der Waals surface area contributed by atoms with Crippen LogP contribution < -0.4 is 24.8 Å². The topological polar surface area (TPSA) is 0 Å². The fourth-order valence-corrected chi connectivity index (χ4v) is 13.8. The fourth-order valence-electron chi connectivity index (χ4n) is 6.26. The molecule has 0 fully saturated rings. The average molecular weight is 697 g/mol. The number of rotatable bonds is 8. The largest absolute Gasteiger partial charge is 1.00 e. The molecule has 0 radical (unpaired) electrons. The number of fused-ring (bicyclic) bond motifs is 2. The molecule has 0 bridgehead atoms. The van der Waals surface area contributed by atoms with Gasteiger partial charge in [-0.25, -0.2) is 0 Å². The van der Waals surface area contributed by atoms with Gasteiger partial charge in [0.2, 0.25) is 0 Å². The van der Waals surface area contributed by atoms with E-state index in [0.29, 0.717) is 19.1 Å². The molecule has 2 unspecified atom stereocenters. The first-order valence-electron chi connectivity index (χ1n) is 14.5. The predicted octanol–water partition coefficient (Wildman–Crippen LogP) is 5.16. The van der Waals surface area contributed by atoms with Crippen LogP contribution in [0.15, 0.2) is 60.7 Å². The Hall–Kier alpha value is -1.22. The van der Waals surface area contributed by atoms with Crippen molar-refractivity contribution in [2.45, 2.75) is 73.5 Å². The number of benzene rings is 2. The summed E-state index contributed by atoms with van der Waals surface area (Å²) >= 11 is 3.01. The van der Waals surface area contributed by atoms with Crippen molar-refractivity contribution in [3.8, 4) is 0 Å². The molecule has 0 saturated heterocycles. The summed E-state index contributed by atoms with van der Waals surface area (Å²) in [5.74, 6) is 1.07. The third-order valence-corrected chi connectivity index (χ3v) is 15.6. The molecule has 0 aliphatic heterocycles. The standard InChI is InChI=1S/2C18H19S.2ClH.Zr/c2*1-4-15-8-9-18(19-15)14-10-13-6-5-7-16(12(2)3)17(13)11-14;;;/h2*5-12H,4H2,1-3H3;2*1H;/q;;;;+2/p-2. The van der Waals surface area contributed by atoms with Crippen molar-refractivity contribution in [2.24, 2.45) is 0 Å². The van der Waals surface area contributed by atoms with E-state index in [-0.39, 0.29) is 24.8 Å². The van der Waals surface area contributed by atoms with E-state index < -0.39 is 23.2 Å². The van der Waals surface area contributed by atoms with Crippen LogP contribution in [0.2, 0.25) is 0 Å². The number of thiophene rings is 2. The van der Waals surface area contributed by atoms with Gasteiger partial charge in [-0.05, 0) is 0 Å². The Bertz CT molecular complexity index is 1470. The van der Waals surface area contributed by atoms with Crippen LogP contribution >= 0.6 is 22.7 Å². The Balaban J connectivity index is 0.00000194. The molecule has 6 rings (SSSR count). The minimum absolute atomic E-state index is 0. The van der Waals surface area contributed by atoms with Gasteiger partial charge in [-0.3, -0.25) is 0 Å². The predicted molar refractivity (Wildman–Crippen MR) is 170 cm³/mol. The van der Waals surface area contributed by atoms with Gasteiger partial charge < -0.3 is 24.8 Å². The van der Waals surface area contributed by atoms with Crippen LogP contribution in [0.3, 0.4) is 0 Å². The molecule has 0 spiro atoms. The number of allylic oxidation sites excluding steroid dienone is 2. The SMILES string of the molecule is CCc1ccc(C2=Cc3c(C(C)C)cccc3[CH]2[Zr+2][CH]2C(c3ccc(CC)s3)=Cc3c(C(C)C)cccc32)s1.[Cl-].[Cl-]. The zero-order valence-corrected chi connectivity index (χ0v) is 30.3. The number of halogens is 2. The van der Waals surface area contributed by atoms with Gasteiger partial charge in [0.15, 0.2) is 0 Å². The first-order chi connectivity index (χ1) is 18.9. The average Bonchev–Trinajstić information content (AvgIpc) is 3.72. The molecule has 0 N–H and O–H groups in total. The summed E-state index contributed by atoms with van der Waals surface area (Å²) in [6, 6.07) is 23.8. The quantitative estimate of drug-likeness (QED) is 0.239.